The molecular weight excluding hydrogens is 190 g/mol. The van der Waals surface area contributed by atoms with E-state index < -0.39 is 0 Å². The van der Waals surface area contributed by atoms with Crippen molar-refractivity contribution in [3.8, 4) is 0 Å². The van der Waals surface area contributed by atoms with Gasteiger partial charge < -0.3 is 14.4 Å². The molecule has 0 N–H and O–H groups in total. The van der Waals surface area contributed by atoms with E-state index in [1.807, 2.05) is 0 Å². The predicted octanol–water partition coefficient (Wildman–Crippen LogP) is 1.73. The topological polar surface area (TPSA) is 21.7 Å². The minimum absolute atomic E-state index is 0.0602. The minimum Gasteiger partial charge on any atom is -0.353 e. The molecule has 0 spiro atoms. The largest absolute Gasteiger partial charge is 0.353 e. The zero-order valence-electron chi connectivity index (χ0n) is 9.95. The van der Waals surface area contributed by atoms with E-state index in [9.17, 15) is 0 Å². The Morgan fingerprint density at radius 1 is 1.07 bits per heavy atom. The van der Waals surface area contributed by atoms with E-state index in [0.717, 1.165) is 44.4 Å². The molecule has 2 heterocycles. The first-order valence-electron chi connectivity index (χ1n) is 6.21. The van der Waals surface area contributed by atoms with Crippen molar-refractivity contribution in [1.29, 1.82) is 0 Å². The average molecular weight is 213 g/mol. The fraction of sp³-hybridized carbons (Fsp3) is 1.00. The highest BCUT2D eigenvalue weighted by molar-refractivity contribution is 4.78. The molecule has 2 fully saturated rings. The van der Waals surface area contributed by atoms with Crippen LogP contribution in [0, 0.1) is 11.8 Å². The Hall–Kier alpha value is -0.120. The van der Waals surface area contributed by atoms with Crippen molar-refractivity contribution in [3.05, 3.63) is 0 Å². The number of likely N-dealkylation sites (tertiary alicyclic amines) is 1. The van der Waals surface area contributed by atoms with Crippen molar-refractivity contribution in [2.75, 3.05) is 32.8 Å². The van der Waals surface area contributed by atoms with Crippen molar-refractivity contribution >= 4 is 0 Å². The third-order valence-electron chi connectivity index (χ3n) is 3.64. The monoisotopic (exact) mass is 213 g/mol. The molecule has 0 radical (unpaired) electrons. The van der Waals surface area contributed by atoms with Crippen molar-refractivity contribution in [1.82, 2.24) is 4.90 Å². The van der Waals surface area contributed by atoms with Crippen molar-refractivity contribution in [2.45, 2.75) is 33.0 Å². The molecule has 0 aromatic heterocycles. The van der Waals surface area contributed by atoms with Crippen LogP contribution in [0.2, 0.25) is 0 Å². The number of nitrogens with zero attached hydrogens (tertiary/aromatic N) is 1. The van der Waals surface area contributed by atoms with E-state index in [1.54, 1.807) is 0 Å². The molecule has 2 aliphatic rings. The molecule has 2 unspecified atom stereocenters. The van der Waals surface area contributed by atoms with Gasteiger partial charge in [-0.05, 0) is 18.3 Å². The molecule has 0 aromatic carbocycles. The van der Waals surface area contributed by atoms with E-state index in [2.05, 4.69) is 18.7 Å². The van der Waals surface area contributed by atoms with Crippen LogP contribution in [0.15, 0.2) is 0 Å². The molecule has 0 bridgehead atoms. The van der Waals surface area contributed by atoms with E-state index in [0.29, 0.717) is 0 Å². The number of hydrogen-bond acceptors (Lipinski definition) is 3. The van der Waals surface area contributed by atoms with Gasteiger partial charge in [0.05, 0.1) is 13.2 Å². The summed E-state index contributed by atoms with van der Waals surface area (Å²) in [5.41, 5.74) is 0. The molecule has 3 nitrogen and oxygen atoms in total. The summed E-state index contributed by atoms with van der Waals surface area (Å²) in [6, 6.07) is 0. The lowest BCUT2D eigenvalue weighted by Crippen LogP contribution is -2.30. The van der Waals surface area contributed by atoms with Gasteiger partial charge in [-0.25, -0.2) is 0 Å². The van der Waals surface area contributed by atoms with Gasteiger partial charge in [-0.3, -0.25) is 0 Å². The summed E-state index contributed by atoms with van der Waals surface area (Å²) in [5.74, 6) is 1.69. The Bertz CT molecular complexity index is 182. The molecule has 88 valence electrons. The second kappa shape index (κ2) is 5.28. The normalized spacial score (nSPS) is 34.8. The molecule has 3 heteroatoms. The Morgan fingerprint density at radius 2 is 1.67 bits per heavy atom. The Morgan fingerprint density at radius 3 is 2.27 bits per heavy atom. The van der Waals surface area contributed by atoms with Crippen molar-refractivity contribution < 1.29 is 9.47 Å². The van der Waals surface area contributed by atoms with Gasteiger partial charge in [-0.1, -0.05) is 13.8 Å². The summed E-state index contributed by atoms with van der Waals surface area (Å²) >= 11 is 0. The van der Waals surface area contributed by atoms with Crippen LogP contribution in [0.5, 0.6) is 0 Å². The lowest BCUT2D eigenvalue weighted by Gasteiger charge is -2.25. The van der Waals surface area contributed by atoms with Crippen LogP contribution in [0.4, 0.5) is 0 Å². The average Bonchev–Trinajstić information content (AvgIpc) is 2.57. The highest BCUT2D eigenvalue weighted by atomic mass is 16.7. The van der Waals surface area contributed by atoms with Crippen LogP contribution in [-0.2, 0) is 9.47 Å². The van der Waals surface area contributed by atoms with Gasteiger partial charge in [0.15, 0.2) is 6.29 Å². The lowest BCUT2D eigenvalue weighted by molar-refractivity contribution is -0.182. The molecule has 15 heavy (non-hydrogen) atoms. The summed E-state index contributed by atoms with van der Waals surface area (Å²) in [6.45, 7) is 10.0. The second-order valence-corrected chi connectivity index (χ2v) is 5.03. The fourth-order valence-electron chi connectivity index (χ4n) is 2.42. The van der Waals surface area contributed by atoms with Gasteiger partial charge in [-0.15, -0.1) is 0 Å². The third kappa shape index (κ3) is 3.16. The Balaban J connectivity index is 1.65. The Labute approximate surface area is 92.7 Å². The number of rotatable bonds is 3. The molecule has 0 amide bonds. The first-order valence-corrected chi connectivity index (χ1v) is 6.21. The Kier molecular flexibility index (Phi) is 4.00. The standard InChI is InChI=1S/C12H23NO2/c1-10-8-13(9-11(10)2)5-4-12-14-6-3-7-15-12/h10-12H,3-9H2,1-2H3. The van der Waals surface area contributed by atoms with E-state index >= 15 is 0 Å². The maximum absolute atomic E-state index is 5.54. The molecular formula is C12H23NO2. The van der Waals surface area contributed by atoms with Gasteiger partial charge >= 0.3 is 0 Å². The zero-order valence-corrected chi connectivity index (χ0v) is 9.95. The van der Waals surface area contributed by atoms with E-state index in [4.69, 9.17) is 9.47 Å². The van der Waals surface area contributed by atoms with Crippen LogP contribution in [0.1, 0.15) is 26.7 Å². The van der Waals surface area contributed by atoms with Crippen LogP contribution in [0.3, 0.4) is 0 Å². The molecule has 0 saturated carbocycles. The quantitative estimate of drug-likeness (QED) is 0.712. The van der Waals surface area contributed by atoms with Gasteiger partial charge in [0, 0.05) is 26.1 Å². The lowest BCUT2D eigenvalue weighted by atomic mass is 10.0. The van der Waals surface area contributed by atoms with E-state index in [1.165, 1.54) is 13.1 Å². The highest BCUT2D eigenvalue weighted by Gasteiger charge is 2.26. The fourth-order valence-corrected chi connectivity index (χ4v) is 2.42. The van der Waals surface area contributed by atoms with E-state index in [-0.39, 0.29) is 6.29 Å². The maximum atomic E-state index is 5.54. The third-order valence-corrected chi connectivity index (χ3v) is 3.64. The number of hydrogen-bond donors (Lipinski definition) is 0. The second-order valence-electron chi connectivity index (χ2n) is 5.03. The molecule has 0 aliphatic carbocycles. The first kappa shape index (κ1) is 11.4. The van der Waals surface area contributed by atoms with Gasteiger partial charge in [0.25, 0.3) is 0 Å². The van der Waals surface area contributed by atoms with Gasteiger partial charge in [0.2, 0.25) is 0 Å². The van der Waals surface area contributed by atoms with Crippen LogP contribution < -0.4 is 0 Å². The molecule has 2 rings (SSSR count). The van der Waals surface area contributed by atoms with Crippen LogP contribution in [0.25, 0.3) is 0 Å². The van der Waals surface area contributed by atoms with Gasteiger partial charge in [-0.2, -0.15) is 0 Å². The minimum atomic E-state index is 0.0602. The van der Waals surface area contributed by atoms with Crippen molar-refractivity contribution in [2.24, 2.45) is 11.8 Å². The summed E-state index contributed by atoms with van der Waals surface area (Å²) < 4.78 is 11.1. The summed E-state index contributed by atoms with van der Waals surface area (Å²) in [4.78, 5) is 2.54. The summed E-state index contributed by atoms with van der Waals surface area (Å²) in [7, 11) is 0. The highest BCUT2D eigenvalue weighted by Crippen LogP contribution is 2.22. The molecule has 2 aliphatic heterocycles. The predicted molar refractivity (Wildman–Crippen MR) is 59.7 cm³/mol. The van der Waals surface area contributed by atoms with Crippen LogP contribution >= 0.6 is 0 Å². The van der Waals surface area contributed by atoms with Crippen LogP contribution in [-0.4, -0.2) is 44.0 Å². The molecule has 0 aromatic rings. The zero-order chi connectivity index (χ0) is 10.7. The summed E-state index contributed by atoms with van der Waals surface area (Å²) in [6.07, 6.45) is 2.14. The first-order chi connectivity index (χ1) is 7.25. The SMILES string of the molecule is CC1CN(CCC2OCCCO2)CC1C. The van der Waals surface area contributed by atoms with Gasteiger partial charge in [0.1, 0.15) is 0 Å². The number of ether oxygens (including phenoxy) is 2. The summed E-state index contributed by atoms with van der Waals surface area (Å²) in [5, 5.41) is 0. The molecule has 2 saturated heterocycles. The molecule has 2 atom stereocenters. The smallest absolute Gasteiger partial charge is 0.158 e. The van der Waals surface area contributed by atoms with Crippen molar-refractivity contribution in [3.63, 3.8) is 0 Å². The maximum Gasteiger partial charge on any atom is 0.158 e.